The van der Waals surface area contributed by atoms with Gasteiger partial charge in [-0.2, -0.15) is 0 Å². The van der Waals surface area contributed by atoms with Gasteiger partial charge in [0.1, 0.15) is 17.2 Å². The van der Waals surface area contributed by atoms with Gasteiger partial charge in [0.15, 0.2) is 0 Å². The zero-order valence-electron chi connectivity index (χ0n) is 21.2. The topological polar surface area (TPSA) is 15.7 Å². The Bertz CT molecular complexity index is 1210. The van der Waals surface area contributed by atoms with Gasteiger partial charge in [-0.05, 0) is 88.1 Å². The maximum absolute atomic E-state index is 13.4. The molecular formula is C30H35FN2O. The Kier molecular flexibility index (Phi) is 5.58. The summed E-state index contributed by atoms with van der Waals surface area (Å²) < 4.78 is 20.0. The molecular weight excluding hydrogens is 423 g/mol. The number of rotatable bonds is 3. The number of aryl methyl sites for hydroxylation is 1. The summed E-state index contributed by atoms with van der Waals surface area (Å²) >= 11 is 0. The van der Waals surface area contributed by atoms with Crippen molar-refractivity contribution in [3.05, 3.63) is 87.7 Å². The minimum Gasteiger partial charge on any atom is -0.486 e. The summed E-state index contributed by atoms with van der Waals surface area (Å²) in [4.78, 5) is 4.89. The summed E-state index contributed by atoms with van der Waals surface area (Å²) in [5.74, 6) is 1.08. The molecule has 2 heterocycles. The van der Waals surface area contributed by atoms with Gasteiger partial charge in [0.25, 0.3) is 0 Å². The van der Waals surface area contributed by atoms with Crippen molar-refractivity contribution in [1.29, 1.82) is 0 Å². The SMILES string of the molecule is Cc1ccc(C2c3c(C)c(N4CCN(c5ccc(F)cc5)CC4)c(C)c(C)c3OC2(C)C)cc1. The lowest BCUT2D eigenvalue weighted by Gasteiger charge is -2.39. The van der Waals surface area contributed by atoms with Crippen molar-refractivity contribution < 1.29 is 9.13 Å². The largest absolute Gasteiger partial charge is 0.486 e. The molecule has 3 aromatic carbocycles. The van der Waals surface area contributed by atoms with Gasteiger partial charge in [0, 0.05) is 43.1 Å². The van der Waals surface area contributed by atoms with E-state index < -0.39 is 0 Å². The Balaban J connectivity index is 1.51. The second-order valence-electron chi connectivity index (χ2n) is 10.5. The van der Waals surface area contributed by atoms with Crippen LogP contribution in [0.5, 0.6) is 5.75 Å². The van der Waals surface area contributed by atoms with Gasteiger partial charge in [-0.15, -0.1) is 0 Å². The number of halogens is 1. The minimum atomic E-state index is -0.306. The number of ether oxygens (including phenoxy) is 1. The maximum atomic E-state index is 13.4. The number of fused-ring (bicyclic) bond motifs is 1. The standard InChI is InChI=1S/C30H35FN2O/c1-19-7-9-23(10-8-19)27-26-22(4)28(20(2)21(3)29(26)34-30(27,5)6)33-17-15-32(16-18-33)25-13-11-24(31)12-14-25/h7-14,27H,15-18H2,1-6H3. The first-order valence-corrected chi connectivity index (χ1v) is 12.3. The highest BCUT2D eigenvalue weighted by Gasteiger charge is 2.45. The average molecular weight is 459 g/mol. The average Bonchev–Trinajstić information content (AvgIpc) is 3.11. The third-order valence-corrected chi connectivity index (χ3v) is 7.81. The van der Waals surface area contributed by atoms with Crippen molar-refractivity contribution in [3.63, 3.8) is 0 Å². The molecule has 0 saturated carbocycles. The Hall–Kier alpha value is -3.01. The molecule has 4 heteroatoms. The third kappa shape index (κ3) is 3.73. The Morgan fingerprint density at radius 1 is 0.765 bits per heavy atom. The molecule has 34 heavy (non-hydrogen) atoms. The van der Waals surface area contributed by atoms with E-state index >= 15 is 0 Å². The number of hydrogen-bond acceptors (Lipinski definition) is 3. The van der Waals surface area contributed by atoms with Gasteiger partial charge in [-0.1, -0.05) is 29.8 Å². The quantitative estimate of drug-likeness (QED) is 0.435. The summed E-state index contributed by atoms with van der Waals surface area (Å²) in [7, 11) is 0. The predicted octanol–water partition coefficient (Wildman–Crippen LogP) is 6.69. The van der Waals surface area contributed by atoms with Crippen LogP contribution in [0.15, 0.2) is 48.5 Å². The van der Waals surface area contributed by atoms with Crippen LogP contribution >= 0.6 is 0 Å². The van der Waals surface area contributed by atoms with Crippen LogP contribution in [-0.4, -0.2) is 31.8 Å². The molecule has 5 rings (SSSR count). The highest BCUT2D eigenvalue weighted by molar-refractivity contribution is 5.72. The molecule has 1 saturated heterocycles. The smallest absolute Gasteiger partial charge is 0.127 e. The van der Waals surface area contributed by atoms with E-state index in [1.54, 1.807) is 12.1 Å². The first-order valence-electron chi connectivity index (χ1n) is 12.3. The molecule has 2 aliphatic rings. The van der Waals surface area contributed by atoms with Gasteiger partial charge in [-0.25, -0.2) is 4.39 Å². The number of anilines is 2. The van der Waals surface area contributed by atoms with E-state index in [2.05, 4.69) is 75.6 Å². The molecule has 1 fully saturated rings. The van der Waals surface area contributed by atoms with E-state index in [9.17, 15) is 4.39 Å². The van der Waals surface area contributed by atoms with Gasteiger partial charge < -0.3 is 14.5 Å². The fraction of sp³-hybridized carbons (Fsp3) is 0.400. The monoisotopic (exact) mass is 458 g/mol. The van der Waals surface area contributed by atoms with Crippen molar-refractivity contribution in [1.82, 2.24) is 0 Å². The van der Waals surface area contributed by atoms with Crippen LogP contribution in [0, 0.1) is 33.5 Å². The zero-order valence-corrected chi connectivity index (χ0v) is 21.2. The molecule has 0 N–H and O–H groups in total. The fourth-order valence-electron chi connectivity index (χ4n) is 5.92. The van der Waals surface area contributed by atoms with Gasteiger partial charge >= 0.3 is 0 Å². The van der Waals surface area contributed by atoms with E-state index in [4.69, 9.17) is 4.74 Å². The zero-order chi connectivity index (χ0) is 24.2. The van der Waals surface area contributed by atoms with Gasteiger partial charge in [-0.3, -0.25) is 0 Å². The maximum Gasteiger partial charge on any atom is 0.127 e. The van der Waals surface area contributed by atoms with E-state index in [1.807, 2.05) is 12.1 Å². The highest BCUT2D eigenvalue weighted by atomic mass is 19.1. The van der Waals surface area contributed by atoms with Crippen molar-refractivity contribution in [2.45, 2.75) is 53.1 Å². The van der Waals surface area contributed by atoms with E-state index in [1.165, 1.54) is 39.1 Å². The van der Waals surface area contributed by atoms with Crippen molar-refractivity contribution >= 4 is 11.4 Å². The molecule has 3 nitrogen and oxygen atoms in total. The first kappa shape index (κ1) is 22.8. The molecule has 0 aromatic heterocycles. The lowest BCUT2D eigenvalue weighted by Crippen LogP contribution is -2.47. The van der Waals surface area contributed by atoms with Crippen molar-refractivity contribution in [2.24, 2.45) is 0 Å². The molecule has 0 bridgehead atoms. The number of nitrogens with zero attached hydrogens (tertiary/aromatic N) is 2. The second-order valence-corrected chi connectivity index (χ2v) is 10.5. The summed E-state index contributed by atoms with van der Waals surface area (Å²) in [6.07, 6.45) is 0. The van der Waals surface area contributed by atoms with Crippen LogP contribution in [0.25, 0.3) is 0 Å². The van der Waals surface area contributed by atoms with E-state index in [0.717, 1.165) is 37.6 Å². The van der Waals surface area contributed by atoms with Crippen LogP contribution in [0.2, 0.25) is 0 Å². The highest BCUT2D eigenvalue weighted by Crippen LogP contribution is 2.54. The lowest BCUT2D eigenvalue weighted by molar-refractivity contribution is 0.121. The second kappa shape index (κ2) is 8.33. The Morgan fingerprint density at radius 3 is 1.97 bits per heavy atom. The molecule has 0 spiro atoms. The molecule has 0 amide bonds. The van der Waals surface area contributed by atoms with Crippen LogP contribution in [0.3, 0.4) is 0 Å². The van der Waals surface area contributed by atoms with Gasteiger partial charge in [0.2, 0.25) is 0 Å². The summed E-state index contributed by atoms with van der Waals surface area (Å²) in [6.45, 7) is 17.0. The molecule has 178 valence electrons. The fourth-order valence-corrected chi connectivity index (χ4v) is 5.92. The van der Waals surface area contributed by atoms with E-state index in [0.29, 0.717) is 0 Å². The molecule has 1 unspecified atom stereocenters. The summed E-state index contributed by atoms with van der Waals surface area (Å²) in [5.41, 5.74) is 9.97. The predicted molar refractivity (Wildman–Crippen MR) is 139 cm³/mol. The molecule has 0 radical (unpaired) electrons. The molecule has 1 atom stereocenters. The third-order valence-electron chi connectivity index (χ3n) is 7.81. The first-order chi connectivity index (χ1) is 16.2. The molecule has 2 aliphatic heterocycles. The van der Waals surface area contributed by atoms with Crippen LogP contribution in [-0.2, 0) is 0 Å². The Morgan fingerprint density at radius 2 is 1.35 bits per heavy atom. The summed E-state index contributed by atoms with van der Waals surface area (Å²) in [5, 5.41) is 0. The molecule has 3 aromatic rings. The Labute approximate surface area is 203 Å². The number of benzene rings is 3. The molecule has 0 aliphatic carbocycles. The number of hydrogen-bond donors (Lipinski definition) is 0. The van der Waals surface area contributed by atoms with Gasteiger partial charge in [0.05, 0.1) is 5.92 Å². The van der Waals surface area contributed by atoms with Crippen molar-refractivity contribution in [2.75, 3.05) is 36.0 Å². The van der Waals surface area contributed by atoms with Crippen LogP contribution < -0.4 is 14.5 Å². The van der Waals surface area contributed by atoms with Crippen molar-refractivity contribution in [3.8, 4) is 5.75 Å². The minimum absolute atomic E-state index is 0.185. The summed E-state index contributed by atoms with van der Waals surface area (Å²) in [6, 6.07) is 15.8. The van der Waals surface area contributed by atoms with E-state index in [-0.39, 0.29) is 17.3 Å². The normalized spacial score (nSPS) is 19.2. The van der Waals surface area contributed by atoms with Crippen LogP contribution in [0.1, 0.15) is 53.1 Å². The van der Waals surface area contributed by atoms with Crippen LogP contribution in [0.4, 0.5) is 15.8 Å². The number of piperazine rings is 1. The lowest BCUT2D eigenvalue weighted by atomic mass is 9.78.